The minimum Gasteiger partial charge on any atom is -0.449 e. The van der Waals surface area contributed by atoms with Gasteiger partial charge < -0.3 is 10.1 Å². The summed E-state index contributed by atoms with van der Waals surface area (Å²) in [5.41, 5.74) is -0.0489. The summed E-state index contributed by atoms with van der Waals surface area (Å²) < 4.78 is 32.6. The molecule has 7 nitrogen and oxygen atoms in total. The lowest BCUT2D eigenvalue weighted by atomic mass is 10.1. The molecule has 1 amide bonds. The number of sulfonamides is 1. The van der Waals surface area contributed by atoms with Crippen LogP contribution in [0, 0.1) is 0 Å². The van der Waals surface area contributed by atoms with Gasteiger partial charge >= 0.3 is 5.97 Å². The zero-order chi connectivity index (χ0) is 20.9. The first kappa shape index (κ1) is 21.6. The van der Waals surface area contributed by atoms with Gasteiger partial charge in [0.2, 0.25) is 10.0 Å². The number of ether oxygens (including phenoxy) is 1. The monoisotopic (exact) mass is 404 g/mol. The van der Waals surface area contributed by atoms with E-state index in [-0.39, 0.29) is 10.5 Å². The molecule has 0 unspecified atom stereocenters. The van der Waals surface area contributed by atoms with Gasteiger partial charge in [-0.05, 0) is 58.0 Å². The second kappa shape index (κ2) is 8.53. The quantitative estimate of drug-likeness (QED) is 0.721. The molecular weight excluding hydrogens is 380 g/mol. The van der Waals surface area contributed by atoms with Gasteiger partial charge in [-0.25, -0.2) is 17.9 Å². The summed E-state index contributed by atoms with van der Waals surface area (Å²) in [5.74, 6) is -1.28. The van der Waals surface area contributed by atoms with E-state index < -0.39 is 33.5 Å². The molecule has 150 valence electrons. The predicted molar refractivity (Wildman–Crippen MR) is 106 cm³/mol. The van der Waals surface area contributed by atoms with Crippen LogP contribution in [0.4, 0.5) is 5.69 Å². The van der Waals surface area contributed by atoms with Crippen LogP contribution in [0.15, 0.2) is 59.5 Å². The molecule has 1 atom stereocenters. The highest BCUT2D eigenvalue weighted by molar-refractivity contribution is 7.89. The molecule has 0 fully saturated rings. The molecule has 0 heterocycles. The van der Waals surface area contributed by atoms with Crippen molar-refractivity contribution in [3.05, 3.63) is 60.2 Å². The number of rotatable bonds is 6. The van der Waals surface area contributed by atoms with E-state index in [2.05, 4.69) is 10.0 Å². The standard InChI is InChI=1S/C20H24N2O5S/c1-14(18(23)21-16-10-6-5-7-11-16)27-19(24)15-9-8-12-17(13-15)28(25,26)22-20(2,3)4/h5-14,22H,1-4H3,(H,21,23)/t14-/m0/s1. The lowest BCUT2D eigenvalue weighted by Gasteiger charge is -2.20. The van der Waals surface area contributed by atoms with Crippen LogP contribution in [-0.2, 0) is 19.6 Å². The Kier molecular flexibility index (Phi) is 6.58. The van der Waals surface area contributed by atoms with Crippen molar-refractivity contribution in [2.45, 2.75) is 44.2 Å². The van der Waals surface area contributed by atoms with E-state index in [9.17, 15) is 18.0 Å². The lowest BCUT2D eigenvalue weighted by Crippen LogP contribution is -2.40. The highest BCUT2D eigenvalue weighted by atomic mass is 32.2. The van der Waals surface area contributed by atoms with Crippen LogP contribution in [0.5, 0.6) is 0 Å². The van der Waals surface area contributed by atoms with Gasteiger partial charge in [0.25, 0.3) is 5.91 Å². The molecule has 2 aromatic carbocycles. The highest BCUT2D eigenvalue weighted by Gasteiger charge is 2.24. The molecule has 2 aromatic rings. The van der Waals surface area contributed by atoms with Crippen LogP contribution in [0.1, 0.15) is 38.1 Å². The average Bonchev–Trinajstić information content (AvgIpc) is 2.60. The van der Waals surface area contributed by atoms with E-state index in [1.807, 2.05) is 6.07 Å². The van der Waals surface area contributed by atoms with Crippen LogP contribution in [-0.4, -0.2) is 31.9 Å². The van der Waals surface area contributed by atoms with Gasteiger partial charge in [-0.1, -0.05) is 24.3 Å². The van der Waals surface area contributed by atoms with Crippen molar-refractivity contribution in [2.24, 2.45) is 0 Å². The Labute approximate surface area is 165 Å². The fourth-order valence-electron chi connectivity index (χ4n) is 2.30. The van der Waals surface area contributed by atoms with Crippen LogP contribution in [0.2, 0.25) is 0 Å². The average molecular weight is 404 g/mol. The summed E-state index contributed by atoms with van der Waals surface area (Å²) >= 11 is 0. The fourth-order valence-corrected chi connectivity index (χ4v) is 3.76. The van der Waals surface area contributed by atoms with Gasteiger partial charge in [-0.15, -0.1) is 0 Å². The maximum Gasteiger partial charge on any atom is 0.338 e. The summed E-state index contributed by atoms with van der Waals surface area (Å²) in [7, 11) is -3.80. The summed E-state index contributed by atoms with van der Waals surface area (Å²) in [6.07, 6.45) is -1.05. The minimum atomic E-state index is -3.80. The molecule has 0 radical (unpaired) electrons. The van der Waals surface area contributed by atoms with Crippen molar-refractivity contribution < 1.29 is 22.7 Å². The molecule has 0 aliphatic carbocycles. The molecular formula is C20H24N2O5S. The minimum absolute atomic E-state index is 0.0381. The molecule has 0 saturated heterocycles. The highest BCUT2D eigenvalue weighted by Crippen LogP contribution is 2.16. The van der Waals surface area contributed by atoms with E-state index in [1.54, 1.807) is 45.0 Å². The van der Waals surface area contributed by atoms with Crippen molar-refractivity contribution in [3.63, 3.8) is 0 Å². The number of nitrogens with one attached hydrogen (secondary N) is 2. The summed E-state index contributed by atoms with van der Waals surface area (Å²) in [5, 5.41) is 2.64. The first-order valence-electron chi connectivity index (χ1n) is 8.69. The van der Waals surface area contributed by atoms with Crippen molar-refractivity contribution in [3.8, 4) is 0 Å². The summed E-state index contributed by atoms with van der Waals surface area (Å²) in [6.45, 7) is 6.60. The van der Waals surface area contributed by atoms with Gasteiger partial charge in [-0.3, -0.25) is 4.79 Å². The van der Waals surface area contributed by atoms with E-state index in [1.165, 1.54) is 31.2 Å². The van der Waals surface area contributed by atoms with Crippen LogP contribution in [0.3, 0.4) is 0 Å². The third-order valence-corrected chi connectivity index (χ3v) is 5.27. The number of esters is 1. The Balaban J connectivity index is 2.09. The van der Waals surface area contributed by atoms with E-state index in [4.69, 9.17) is 4.74 Å². The van der Waals surface area contributed by atoms with Gasteiger partial charge in [0.1, 0.15) is 0 Å². The van der Waals surface area contributed by atoms with E-state index in [0.717, 1.165) is 0 Å². The zero-order valence-corrected chi connectivity index (χ0v) is 17.0. The first-order chi connectivity index (χ1) is 13.0. The van der Waals surface area contributed by atoms with Gasteiger partial charge in [-0.2, -0.15) is 0 Å². The van der Waals surface area contributed by atoms with Crippen LogP contribution >= 0.6 is 0 Å². The number of carbonyl (C=O) groups is 2. The van der Waals surface area contributed by atoms with E-state index in [0.29, 0.717) is 5.69 Å². The molecule has 0 aliphatic heterocycles. The SMILES string of the molecule is C[C@H](OC(=O)c1cccc(S(=O)(=O)NC(C)(C)C)c1)C(=O)Nc1ccccc1. The topological polar surface area (TPSA) is 102 Å². The Morgan fingerprint density at radius 3 is 2.25 bits per heavy atom. The smallest absolute Gasteiger partial charge is 0.338 e. The number of para-hydroxylation sites is 1. The molecule has 2 N–H and O–H groups in total. The molecule has 0 aromatic heterocycles. The van der Waals surface area contributed by atoms with Gasteiger partial charge in [0.05, 0.1) is 10.5 Å². The Hall–Kier alpha value is -2.71. The number of anilines is 1. The van der Waals surface area contributed by atoms with Gasteiger partial charge in [0.15, 0.2) is 6.10 Å². The Morgan fingerprint density at radius 1 is 1.00 bits per heavy atom. The molecule has 8 heteroatoms. The second-order valence-electron chi connectivity index (χ2n) is 7.29. The fraction of sp³-hybridized carbons (Fsp3) is 0.300. The summed E-state index contributed by atoms with van der Waals surface area (Å²) in [4.78, 5) is 24.5. The molecule has 28 heavy (non-hydrogen) atoms. The first-order valence-corrected chi connectivity index (χ1v) is 10.2. The largest absolute Gasteiger partial charge is 0.449 e. The number of hydrogen-bond acceptors (Lipinski definition) is 5. The van der Waals surface area contributed by atoms with Gasteiger partial charge in [0, 0.05) is 11.2 Å². The van der Waals surface area contributed by atoms with E-state index >= 15 is 0 Å². The van der Waals surface area contributed by atoms with Crippen LogP contribution in [0.25, 0.3) is 0 Å². The molecule has 2 rings (SSSR count). The Morgan fingerprint density at radius 2 is 1.64 bits per heavy atom. The predicted octanol–water partition coefficient (Wildman–Crippen LogP) is 2.95. The number of hydrogen-bond donors (Lipinski definition) is 2. The maximum absolute atomic E-state index is 12.4. The molecule has 0 saturated carbocycles. The van der Waals surface area contributed by atoms with Crippen molar-refractivity contribution in [1.82, 2.24) is 4.72 Å². The third kappa shape index (κ3) is 6.17. The molecule has 0 spiro atoms. The summed E-state index contributed by atoms with van der Waals surface area (Å²) in [6, 6.07) is 14.3. The van der Waals surface area contributed by atoms with Crippen LogP contribution < -0.4 is 10.0 Å². The number of benzene rings is 2. The molecule has 0 bridgehead atoms. The van der Waals surface area contributed by atoms with Crippen molar-refractivity contribution in [2.75, 3.05) is 5.32 Å². The van der Waals surface area contributed by atoms with Crippen molar-refractivity contribution in [1.29, 1.82) is 0 Å². The third-order valence-electron chi connectivity index (χ3n) is 3.51. The molecule has 0 aliphatic rings. The zero-order valence-electron chi connectivity index (χ0n) is 16.2. The Bertz CT molecular complexity index is 950. The lowest BCUT2D eigenvalue weighted by molar-refractivity contribution is -0.123. The van der Waals surface area contributed by atoms with Crippen molar-refractivity contribution >= 4 is 27.6 Å². The number of carbonyl (C=O) groups excluding carboxylic acids is 2. The normalized spacial score (nSPS) is 12.9. The second-order valence-corrected chi connectivity index (χ2v) is 8.97. The number of amides is 1. The maximum atomic E-state index is 12.4.